The van der Waals surface area contributed by atoms with Crippen molar-refractivity contribution in [3.63, 3.8) is 0 Å². The van der Waals surface area contributed by atoms with Gasteiger partial charge < -0.3 is 9.47 Å². The van der Waals surface area contributed by atoms with Crippen LogP contribution in [0.2, 0.25) is 0 Å². The molecule has 0 radical (unpaired) electrons. The fraction of sp³-hybridized carbons (Fsp3) is 0.545. The van der Waals surface area contributed by atoms with E-state index >= 15 is 0 Å². The lowest BCUT2D eigenvalue weighted by Crippen LogP contribution is -2.25. The summed E-state index contributed by atoms with van der Waals surface area (Å²) in [6, 6.07) is 1.94. The first-order valence-electron chi connectivity index (χ1n) is 5.16. The second-order valence-electron chi connectivity index (χ2n) is 3.67. The highest BCUT2D eigenvalue weighted by atomic mass is 79.9. The highest BCUT2D eigenvalue weighted by molar-refractivity contribution is 9.10. The molecule has 0 saturated carbocycles. The summed E-state index contributed by atoms with van der Waals surface area (Å²) in [5.74, 6) is 0.757. The fourth-order valence-corrected chi connectivity index (χ4v) is 2.07. The quantitative estimate of drug-likeness (QED) is 0.829. The lowest BCUT2D eigenvalue weighted by Gasteiger charge is -2.23. The topological polar surface area (TPSA) is 31.4 Å². The number of pyridine rings is 1. The first-order chi connectivity index (χ1) is 7.25. The molecule has 82 valence electrons. The monoisotopic (exact) mass is 271 g/mol. The van der Waals surface area contributed by atoms with Crippen LogP contribution in [0.1, 0.15) is 25.0 Å². The Morgan fingerprint density at radius 1 is 1.53 bits per heavy atom. The molecule has 1 saturated heterocycles. The van der Waals surface area contributed by atoms with E-state index in [1.807, 2.05) is 13.0 Å². The standard InChI is InChI=1S/C11H14BrNO2/c1-8-6-9(12)10(7-13-8)15-11-4-2-3-5-14-11/h6-7,11H,2-5H2,1H3. The number of rotatable bonds is 2. The van der Waals surface area contributed by atoms with E-state index in [0.29, 0.717) is 0 Å². The van der Waals surface area contributed by atoms with Gasteiger partial charge in [0.05, 0.1) is 17.3 Å². The molecule has 1 aliphatic rings. The van der Waals surface area contributed by atoms with Crippen molar-refractivity contribution in [3.05, 3.63) is 22.4 Å². The molecule has 0 bridgehead atoms. The molecular weight excluding hydrogens is 258 g/mol. The number of nitrogens with zero attached hydrogens (tertiary/aromatic N) is 1. The van der Waals surface area contributed by atoms with Crippen molar-refractivity contribution in [2.45, 2.75) is 32.5 Å². The average molecular weight is 272 g/mol. The molecule has 0 aliphatic carbocycles. The van der Waals surface area contributed by atoms with E-state index < -0.39 is 0 Å². The summed E-state index contributed by atoms with van der Waals surface area (Å²) in [7, 11) is 0. The molecule has 2 rings (SSSR count). The van der Waals surface area contributed by atoms with Gasteiger partial charge in [-0.3, -0.25) is 4.98 Å². The van der Waals surface area contributed by atoms with Crippen molar-refractivity contribution in [1.82, 2.24) is 4.98 Å². The summed E-state index contributed by atoms with van der Waals surface area (Å²) in [6.45, 7) is 2.74. The molecular formula is C11H14BrNO2. The molecule has 1 fully saturated rings. The number of hydrogen-bond donors (Lipinski definition) is 0. The van der Waals surface area contributed by atoms with Crippen LogP contribution in [0, 0.1) is 6.92 Å². The fourth-order valence-electron chi connectivity index (χ4n) is 1.55. The SMILES string of the molecule is Cc1cc(Br)c(OC2CCCCO2)cn1. The molecule has 3 nitrogen and oxygen atoms in total. The van der Waals surface area contributed by atoms with Crippen molar-refractivity contribution < 1.29 is 9.47 Å². The molecule has 1 atom stereocenters. The number of halogens is 1. The average Bonchev–Trinajstić information content (AvgIpc) is 2.24. The minimum Gasteiger partial charge on any atom is -0.462 e. The summed E-state index contributed by atoms with van der Waals surface area (Å²) in [5.41, 5.74) is 0.971. The van der Waals surface area contributed by atoms with Gasteiger partial charge in [-0.1, -0.05) is 0 Å². The van der Waals surface area contributed by atoms with Gasteiger partial charge in [-0.05, 0) is 41.8 Å². The molecule has 0 spiro atoms. The van der Waals surface area contributed by atoms with Crippen LogP contribution in [-0.2, 0) is 4.74 Å². The Morgan fingerprint density at radius 3 is 3.07 bits per heavy atom. The summed E-state index contributed by atoms with van der Waals surface area (Å²) in [6.07, 6.45) is 4.88. The van der Waals surface area contributed by atoms with Gasteiger partial charge in [0.15, 0.2) is 12.0 Å². The van der Waals surface area contributed by atoms with Gasteiger partial charge in [0.2, 0.25) is 0 Å². The Morgan fingerprint density at radius 2 is 2.40 bits per heavy atom. The van der Waals surface area contributed by atoms with E-state index in [2.05, 4.69) is 20.9 Å². The number of aromatic nitrogens is 1. The van der Waals surface area contributed by atoms with Crippen LogP contribution in [-0.4, -0.2) is 17.9 Å². The Balaban J connectivity index is 2.03. The van der Waals surface area contributed by atoms with E-state index in [4.69, 9.17) is 9.47 Å². The van der Waals surface area contributed by atoms with Crippen molar-refractivity contribution in [2.75, 3.05) is 6.61 Å². The van der Waals surface area contributed by atoms with Crippen molar-refractivity contribution >= 4 is 15.9 Å². The Bertz CT molecular complexity index is 337. The highest BCUT2D eigenvalue weighted by Crippen LogP contribution is 2.27. The Labute approximate surface area is 97.9 Å². The molecule has 1 unspecified atom stereocenters. The van der Waals surface area contributed by atoms with E-state index in [1.54, 1.807) is 6.20 Å². The number of ether oxygens (including phenoxy) is 2. The molecule has 15 heavy (non-hydrogen) atoms. The lowest BCUT2D eigenvalue weighted by molar-refractivity contribution is -0.106. The number of aryl methyl sites for hydroxylation is 1. The molecule has 0 amide bonds. The lowest BCUT2D eigenvalue weighted by atomic mass is 10.2. The third kappa shape index (κ3) is 2.92. The maximum atomic E-state index is 5.71. The van der Waals surface area contributed by atoms with Crippen LogP contribution in [0.3, 0.4) is 0 Å². The van der Waals surface area contributed by atoms with Crippen molar-refractivity contribution in [2.24, 2.45) is 0 Å². The predicted molar refractivity (Wildman–Crippen MR) is 60.9 cm³/mol. The van der Waals surface area contributed by atoms with E-state index in [0.717, 1.165) is 35.4 Å². The molecule has 4 heteroatoms. The van der Waals surface area contributed by atoms with Crippen LogP contribution in [0.15, 0.2) is 16.7 Å². The normalized spacial score (nSPS) is 21.3. The van der Waals surface area contributed by atoms with Crippen LogP contribution in [0.5, 0.6) is 5.75 Å². The van der Waals surface area contributed by atoms with Crippen molar-refractivity contribution in [3.8, 4) is 5.75 Å². The minimum absolute atomic E-state index is 0.112. The smallest absolute Gasteiger partial charge is 0.199 e. The van der Waals surface area contributed by atoms with Gasteiger partial charge >= 0.3 is 0 Å². The number of hydrogen-bond acceptors (Lipinski definition) is 3. The largest absolute Gasteiger partial charge is 0.462 e. The summed E-state index contributed by atoms with van der Waals surface area (Å²) < 4.78 is 12.1. The third-order valence-corrected chi connectivity index (χ3v) is 2.97. The van der Waals surface area contributed by atoms with Gasteiger partial charge in [0.25, 0.3) is 0 Å². The second kappa shape index (κ2) is 4.94. The third-order valence-electron chi connectivity index (χ3n) is 2.35. The minimum atomic E-state index is -0.112. The summed E-state index contributed by atoms with van der Waals surface area (Å²) in [4.78, 5) is 4.19. The van der Waals surface area contributed by atoms with Gasteiger partial charge in [0, 0.05) is 12.1 Å². The van der Waals surface area contributed by atoms with E-state index in [1.165, 1.54) is 6.42 Å². The zero-order chi connectivity index (χ0) is 10.7. The molecule has 0 aromatic carbocycles. The van der Waals surface area contributed by atoms with Gasteiger partial charge in [-0.2, -0.15) is 0 Å². The Hall–Kier alpha value is -0.610. The van der Waals surface area contributed by atoms with Gasteiger partial charge in [-0.25, -0.2) is 0 Å². The highest BCUT2D eigenvalue weighted by Gasteiger charge is 2.16. The zero-order valence-electron chi connectivity index (χ0n) is 8.70. The first-order valence-corrected chi connectivity index (χ1v) is 5.95. The first kappa shape index (κ1) is 10.9. The van der Waals surface area contributed by atoms with Gasteiger partial charge in [-0.15, -0.1) is 0 Å². The maximum Gasteiger partial charge on any atom is 0.199 e. The maximum absolute atomic E-state index is 5.71. The molecule has 1 aliphatic heterocycles. The van der Waals surface area contributed by atoms with Crippen LogP contribution < -0.4 is 4.74 Å². The molecule has 1 aromatic heterocycles. The van der Waals surface area contributed by atoms with Gasteiger partial charge in [0.1, 0.15) is 0 Å². The van der Waals surface area contributed by atoms with E-state index in [-0.39, 0.29) is 6.29 Å². The van der Waals surface area contributed by atoms with Crippen molar-refractivity contribution in [1.29, 1.82) is 0 Å². The van der Waals surface area contributed by atoms with Crippen LogP contribution in [0.25, 0.3) is 0 Å². The van der Waals surface area contributed by atoms with Crippen LogP contribution in [0.4, 0.5) is 0 Å². The summed E-state index contributed by atoms with van der Waals surface area (Å²) in [5, 5.41) is 0. The van der Waals surface area contributed by atoms with Crippen LogP contribution >= 0.6 is 15.9 Å². The predicted octanol–water partition coefficient (Wildman–Crippen LogP) is 3.06. The summed E-state index contributed by atoms with van der Waals surface area (Å²) >= 11 is 3.45. The second-order valence-corrected chi connectivity index (χ2v) is 4.52. The molecule has 2 heterocycles. The molecule has 0 N–H and O–H groups in total. The van der Waals surface area contributed by atoms with E-state index in [9.17, 15) is 0 Å². The zero-order valence-corrected chi connectivity index (χ0v) is 10.3. The molecule has 1 aromatic rings. The Kier molecular flexibility index (Phi) is 3.59.